The predicted octanol–water partition coefficient (Wildman–Crippen LogP) is 12.3. The highest BCUT2D eigenvalue weighted by Crippen LogP contribution is 2.51. The fraction of sp³-hybridized carbons (Fsp3) is 0.0612. The molecule has 10 aromatic rings. The molecule has 11 rings (SSSR count). The van der Waals surface area contributed by atoms with Crippen molar-refractivity contribution >= 4 is 43.6 Å². The lowest BCUT2D eigenvalue weighted by molar-refractivity contribution is 0.661. The normalized spacial score (nSPS) is 13.2. The molecule has 0 amide bonds. The van der Waals surface area contributed by atoms with Crippen molar-refractivity contribution in [3.63, 3.8) is 0 Å². The van der Waals surface area contributed by atoms with Gasteiger partial charge in [0.15, 0.2) is 5.82 Å². The molecule has 4 heteroatoms. The van der Waals surface area contributed by atoms with Crippen LogP contribution in [0.1, 0.15) is 25.0 Å². The summed E-state index contributed by atoms with van der Waals surface area (Å²) in [4.78, 5) is 10.4. The maximum Gasteiger partial charge on any atom is 0.162 e. The third-order valence-electron chi connectivity index (χ3n) is 11.4. The molecule has 0 aliphatic heterocycles. The Bertz CT molecular complexity index is 3020. The van der Waals surface area contributed by atoms with Gasteiger partial charge in [-0.3, -0.25) is 4.57 Å². The number of benzene rings is 7. The summed E-state index contributed by atoms with van der Waals surface area (Å²) in [5.41, 5.74) is 14.1. The summed E-state index contributed by atoms with van der Waals surface area (Å²) >= 11 is 0. The molecule has 0 spiro atoms. The summed E-state index contributed by atoms with van der Waals surface area (Å²) in [6.45, 7) is 4.70. The van der Waals surface area contributed by atoms with E-state index >= 15 is 0 Å². The highest BCUT2D eigenvalue weighted by atomic mass is 15.1. The number of para-hydroxylation sites is 3. The van der Waals surface area contributed by atoms with Crippen molar-refractivity contribution in [2.45, 2.75) is 19.3 Å². The van der Waals surface area contributed by atoms with Crippen molar-refractivity contribution in [1.82, 2.24) is 19.1 Å². The van der Waals surface area contributed by atoms with Gasteiger partial charge in [0, 0.05) is 49.8 Å². The minimum Gasteiger partial charge on any atom is -0.309 e. The molecule has 0 saturated heterocycles. The maximum absolute atomic E-state index is 5.20. The Morgan fingerprint density at radius 2 is 1.00 bits per heavy atom. The molecule has 53 heavy (non-hydrogen) atoms. The van der Waals surface area contributed by atoms with Crippen LogP contribution in [0.2, 0.25) is 0 Å². The van der Waals surface area contributed by atoms with Crippen LogP contribution in [-0.4, -0.2) is 19.1 Å². The first-order chi connectivity index (χ1) is 26.0. The standard InChI is InChI=1S/C49H34N4/c1-49(2)40-20-10-6-16-34(40)38-29-46-39(28-41(38)49)37-19-9-11-21-43(37)52(46)33-26-24-31(25-27-33)42-30-47(51-48(50-42)32-14-4-3-5-15-32)53-44-22-12-7-17-35(44)36-18-8-13-23-45(36)53/h3-30H,1-2H3. The van der Waals surface area contributed by atoms with Gasteiger partial charge in [0.2, 0.25) is 0 Å². The average Bonchev–Trinajstić information content (AvgIpc) is 3.80. The highest BCUT2D eigenvalue weighted by molar-refractivity contribution is 6.12. The highest BCUT2D eigenvalue weighted by Gasteiger charge is 2.36. The van der Waals surface area contributed by atoms with Gasteiger partial charge in [-0.15, -0.1) is 0 Å². The molecule has 1 aliphatic rings. The van der Waals surface area contributed by atoms with Crippen molar-refractivity contribution < 1.29 is 0 Å². The second-order valence-electron chi connectivity index (χ2n) is 14.7. The third-order valence-corrected chi connectivity index (χ3v) is 11.4. The topological polar surface area (TPSA) is 35.6 Å². The van der Waals surface area contributed by atoms with Crippen LogP contribution in [0.5, 0.6) is 0 Å². The largest absolute Gasteiger partial charge is 0.309 e. The first-order valence-electron chi connectivity index (χ1n) is 18.3. The Labute approximate surface area is 307 Å². The van der Waals surface area contributed by atoms with Crippen molar-refractivity contribution in [3.8, 4) is 45.3 Å². The van der Waals surface area contributed by atoms with E-state index in [1.54, 1.807) is 0 Å². The molecule has 3 aromatic heterocycles. The van der Waals surface area contributed by atoms with Crippen LogP contribution < -0.4 is 0 Å². The van der Waals surface area contributed by atoms with Crippen molar-refractivity contribution in [1.29, 1.82) is 0 Å². The van der Waals surface area contributed by atoms with E-state index in [0.29, 0.717) is 5.82 Å². The zero-order valence-corrected chi connectivity index (χ0v) is 29.5. The van der Waals surface area contributed by atoms with Gasteiger partial charge in [-0.25, -0.2) is 9.97 Å². The molecule has 4 nitrogen and oxygen atoms in total. The van der Waals surface area contributed by atoms with E-state index in [1.807, 2.05) is 18.2 Å². The summed E-state index contributed by atoms with van der Waals surface area (Å²) in [7, 11) is 0. The van der Waals surface area contributed by atoms with E-state index in [9.17, 15) is 0 Å². The molecule has 0 atom stereocenters. The summed E-state index contributed by atoms with van der Waals surface area (Å²) in [5.74, 6) is 1.54. The van der Waals surface area contributed by atoms with Gasteiger partial charge < -0.3 is 4.57 Å². The minimum atomic E-state index is -0.0564. The van der Waals surface area contributed by atoms with Gasteiger partial charge in [-0.2, -0.15) is 0 Å². The molecular formula is C49H34N4. The zero-order chi connectivity index (χ0) is 35.3. The Hall–Kier alpha value is -6.78. The molecule has 0 fully saturated rings. The molecule has 0 saturated carbocycles. The minimum absolute atomic E-state index is 0.0564. The second-order valence-corrected chi connectivity index (χ2v) is 14.7. The first kappa shape index (κ1) is 29.9. The van der Waals surface area contributed by atoms with Crippen molar-refractivity contribution in [2.75, 3.05) is 0 Å². The molecule has 0 N–H and O–H groups in total. The van der Waals surface area contributed by atoms with Crippen molar-refractivity contribution in [2.24, 2.45) is 0 Å². The third kappa shape index (κ3) is 4.36. The van der Waals surface area contributed by atoms with Crippen molar-refractivity contribution in [3.05, 3.63) is 181 Å². The van der Waals surface area contributed by atoms with Gasteiger partial charge in [0.05, 0.1) is 27.8 Å². The van der Waals surface area contributed by atoms with E-state index < -0.39 is 0 Å². The fourth-order valence-electron chi connectivity index (χ4n) is 8.81. The molecule has 1 aliphatic carbocycles. The first-order valence-corrected chi connectivity index (χ1v) is 18.3. The summed E-state index contributed by atoms with van der Waals surface area (Å²) in [6.07, 6.45) is 0. The molecule has 3 heterocycles. The Morgan fingerprint density at radius 1 is 0.415 bits per heavy atom. The van der Waals surface area contributed by atoms with E-state index in [2.05, 4.69) is 175 Å². The number of fused-ring (bicyclic) bond motifs is 9. The van der Waals surface area contributed by atoms with Crippen LogP contribution in [0, 0.1) is 0 Å². The number of rotatable bonds is 4. The molecule has 250 valence electrons. The van der Waals surface area contributed by atoms with Crippen LogP contribution in [0.3, 0.4) is 0 Å². The van der Waals surface area contributed by atoms with Gasteiger partial charge in [0.25, 0.3) is 0 Å². The van der Waals surface area contributed by atoms with Gasteiger partial charge in [-0.1, -0.05) is 135 Å². The fourth-order valence-corrected chi connectivity index (χ4v) is 8.81. The summed E-state index contributed by atoms with van der Waals surface area (Å²) < 4.78 is 4.69. The lowest BCUT2D eigenvalue weighted by Crippen LogP contribution is -2.14. The predicted molar refractivity (Wildman–Crippen MR) is 219 cm³/mol. The van der Waals surface area contributed by atoms with E-state index in [1.165, 1.54) is 54.8 Å². The zero-order valence-electron chi connectivity index (χ0n) is 29.5. The molecule has 0 bridgehead atoms. The van der Waals surface area contributed by atoms with Gasteiger partial charge >= 0.3 is 0 Å². The number of hydrogen-bond donors (Lipinski definition) is 0. The Morgan fingerprint density at radius 3 is 1.70 bits per heavy atom. The van der Waals surface area contributed by atoms with E-state index in [-0.39, 0.29) is 5.41 Å². The van der Waals surface area contributed by atoms with Crippen LogP contribution in [0.4, 0.5) is 0 Å². The maximum atomic E-state index is 5.20. The molecule has 0 unspecified atom stereocenters. The summed E-state index contributed by atoms with van der Waals surface area (Å²) in [6, 6.07) is 60.9. The Kier molecular flexibility index (Phi) is 6.27. The monoisotopic (exact) mass is 678 g/mol. The van der Waals surface area contributed by atoms with Crippen LogP contribution >= 0.6 is 0 Å². The smallest absolute Gasteiger partial charge is 0.162 e. The number of aromatic nitrogens is 4. The van der Waals surface area contributed by atoms with Crippen LogP contribution in [-0.2, 0) is 5.41 Å². The van der Waals surface area contributed by atoms with E-state index in [0.717, 1.165) is 39.4 Å². The lowest BCUT2D eigenvalue weighted by atomic mass is 9.82. The van der Waals surface area contributed by atoms with Gasteiger partial charge in [-0.05, 0) is 64.7 Å². The van der Waals surface area contributed by atoms with Crippen LogP contribution in [0.25, 0.3) is 88.9 Å². The Balaban J connectivity index is 1.10. The average molecular weight is 679 g/mol. The second kappa shape index (κ2) is 11.1. The number of nitrogens with zero attached hydrogens (tertiary/aromatic N) is 4. The molecular weight excluding hydrogens is 645 g/mol. The van der Waals surface area contributed by atoms with E-state index in [4.69, 9.17) is 9.97 Å². The molecule has 0 radical (unpaired) electrons. The summed E-state index contributed by atoms with van der Waals surface area (Å²) in [5, 5.41) is 4.96. The number of hydrogen-bond acceptors (Lipinski definition) is 2. The van der Waals surface area contributed by atoms with Crippen LogP contribution in [0.15, 0.2) is 170 Å². The quantitative estimate of drug-likeness (QED) is 0.186. The lowest BCUT2D eigenvalue weighted by Gasteiger charge is -2.21. The molecule has 7 aromatic carbocycles. The SMILES string of the molecule is CC1(C)c2ccccc2-c2cc3c(cc21)c1ccccc1n3-c1ccc(-c2cc(-n3c4ccccc4c4ccccc43)nc(-c3ccccc3)n2)cc1. The van der Waals surface area contributed by atoms with Gasteiger partial charge in [0.1, 0.15) is 5.82 Å².